The molecule has 2 rings (SSSR count). The summed E-state index contributed by atoms with van der Waals surface area (Å²) in [5.74, 6) is -2.00. The fraction of sp³-hybridized carbons (Fsp3) is 0.500. The highest BCUT2D eigenvalue weighted by Gasteiger charge is 2.35. The van der Waals surface area contributed by atoms with Gasteiger partial charge in [-0.1, -0.05) is 0 Å². The van der Waals surface area contributed by atoms with E-state index in [4.69, 9.17) is 0 Å². The lowest BCUT2D eigenvalue weighted by molar-refractivity contribution is -0.128. The summed E-state index contributed by atoms with van der Waals surface area (Å²) in [5.41, 5.74) is 0.0201. The number of rotatable bonds is 6. The van der Waals surface area contributed by atoms with E-state index < -0.39 is 42.8 Å². The van der Waals surface area contributed by atoms with E-state index in [-0.39, 0.29) is 11.5 Å². The van der Waals surface area contributed by atoms with Crippen molar-refractivity contribution in [3.63, 3.8) is 0 Å². The lowest BCUT2D eigenvalue weighted by Gasteiger charge is -2.20. The van der Waals surface area contributed by atoms with Gasteiger partial charge in [0.2, 0.25) is 5.91 Å². The van der Waals surface area contributed by atoms with Gasteiger partial charge in [0.15, 0.2) is 0 Å². The minimum Gasteiger partial charge on any atom is -0.348 e. The Morgan fingerprint density at radius 1 is 1.27 bits per heavy atom. The molecule has 0 heterocycles. The zero-order valence-electron chi connectivity index (χ0n) is 11.5. The van der Waals surface area contributed by atoms with Crippen molar-refractivity contribution in [2.24, 2.45) is 5.92 Å². The van der Waals surface area contributed by atoms with Gasteiger partial charge in [0, 0.05) is 5.56 Å². The van der Waals surface area contributed by atoms with Crippen LogP contribution in [-0.4, -0.2) is 25.2 Å². The molecule has 2 N–H and O–H groups in total. The molecule has 0 aliphatic heterocycles. The van der Waals surface area contributed by atoms with Gasteiger partial charge in [-0.25, -0.2) is 8.78 Å². The molecule has 1 saturated carbocycles. The molecule has 1 amide bonds. The van der Waals surface area contributed by atoms with Gasteiger partial charge in [-0.15, -0.1) is 0 Å². The normalized spacial score (nSPS) is 16.4. The molecule has 0 spiro atoms. The van der Waals surface area contributed by atoms with Crippen LogP contribution in [0.1, 0.15) is 24.4 Å². The van der Waals surface area contributed by atoms with Crippen LogP contribution in [0.5, 0.6) is 0 Å². The largest absolute Gasteiger partial charge is 0.401 e. The second-order valence-electron chi connectivity index (χ2n) is 5.27. The van der Waals surface area contributed by atoms with Crippen molar-refractivity contribution in [3.05, 3.63) is 35.4 Å². The van der Waals surface area contributed by atoms with Gasteiger partial charge < -0.3 is 10.6 Å². The number of hydrogen-bond acceptors (Lipinski definition) is 2. The van der Waals surface area contributed by atoms with Gasteiger partial charge in [-0.3, -0.25) is 4.79 Å². The zero-order valence-corrected chi connectivity index (χ0v) is 11.5. The molecular formula is C14H15F5N2O. The number of halogens is 5. The van der Waals surface area contributed by atoms with Crippen LogP contribution in [0.2, 0.25) is 0 Å². The average molecular weight is 322 g/mol. The molecule has 1 aromatic rings. The minimum absolute atomic E-state index is 0.0201. The number of alkyl halides is 3. The van der Waals surface area contributed by atoms with Crippen molar-refractivity contribution in [2.45, 2.75) is 25.1 Å². The van der Waals surface area contributed by atoms with Crippen molar-refractivity contribution in [1.82, 2.24) is 10.6 Å². The Labute approximate surface area is 123 Å². The van der Waals surface area contributed by atoms with Crippen LogP contribution in [0.15, 0.2) is 18.2 Å². The summed E-state index contributed by atoms with van der Waals surface area (Å²) in [6.07, 6.45) is -2.92. The van der Waals surface area contributed by atoms with Crippen LogP contribution in [0, 0.1) is 17.6 Å². The molecule has 8 heteroatoms. The van der Waals surface area contributed by atoms with E-state index in [0.717, 1.165) is 31.0 Å². The first kappa shape index (κ1) is 16.7. The predicted octanol–water partition coefficient (Wildman–Crippen LogP) is 2.68. The summed E-state index contributed by atoms with van der Waals surface area (Å²) < 4.78 is 63.0. The van der Waals surface area contributed by atoms with Gasteiger partial charge in [0.25, 0.3) is 0 Å². The molecule has 1 aliphatic carbocycles. The van der Waals surface area contributed by atoms with Gasteiger partial charge >= 0.3 is 6.18 Å². The van der Waals surface area contributed by atoms with Crippen molar-refractivity contribution in [2.75, 3.05) is 13.1 Å². The number of hydrogen-bond donors (Lipinski definition) is 2. The van der Waals surface area contributed by atoms with Crippen LogP contribution in [0.3, 0.4) is 0 Å². The Morgan fingerprint density at radius 2 is 1.95 bits per heavy atom. The average Bonchev–Trinajstić information content (AvgIpc) is 3.22. The Bertz CT molecular complexity index is 543. The van der Waals surface area contributed by atoms with E-state index in [1.54, 1.807) is 0 Å². The number of amides is 1. The zero-order chi connectivity index (χ0) is 16.3. The molecule has 22 heavy (non-hydrogen) atoms. The van der Waals surface area contributed by atoms with Crippen LogP contribution in [0.4, 0.5) is 22.0 Å². The predicted molar refractivity (Wildman–Crippen MR) is 68.9 cm³/mol. The highest BCUT2D eigenvalue weighted by molar-refractivity contribution is 5.78. The quantitative estimate of drug-likeness (QED) is 0.791. The maximum Gasteiger partial charge on any atom is 0.401 e. The van der Waals surface area contributed by atoms with Crippen molar-refractivity contribution < 1.29 is 26.7 Å². The van der Waals surface area contributed by atoms with Crippen LogP contribution in [-0.2, 0) is 4.79 Å². The van der Waals surface area contributed by atoms with E-state index in [1.807, 2.05) is 5.32 Å². The molecule has 1 fully saturated rings. The summed E-state index contributed by atoms with van der Waals surface area (Å²) in [6, 6.07) is 2.21. The number of nitrogens with one attached hydrogen (secondary N) is 2. The minimum atomic E-state index is -4.41. The summed E-state index contributed by atoms with van der Waals surface area (Å²) in [6.45, 7) is -1.83. The molecule has 1 aliphatic rings. The number of carbonyl (C=O) groups is 1. The first-order valence-corrected chi connectivity index (χ1v) is 6.78. The molecule has 1 atom stereocenters. The third-order valence-electron chi connectivity index (χ3n) is 3.31. The van der Waals surface area contributed by atoms with E-state index in [1.165, 1.54) is 0 Å². The molecular weight excluding hydrogens is 307 g/mol. The van der Waals surface area contributed by atoms with Crippen LogP contribution in [0.25, 0.3) is 0 Å². The lowest BCUT2D eigenvalue weighted by Crippen LogP contribution is -2.40. The van der Waals surface area contributed by atoms with Gasteiger partial charge in [-0.05, 0) is 37.0 Å². The third-order valence-corrected chi connectivity index (χ3v) is 3.31. The first-order chi connectivity index (χ1) is 10.3. The molecule has 1 aromatic carbocycles. The van der Waals surface area contributed by atoms with Gasteiger partial charge in [-0.2, -0.15) is 13.2 Å². The molecule has 0 saturated heterocycles. The Morgan fingerprint density at radius 3 is 2.55 bits per heavy atom. The summed E-state index contributed by atoms with van der Waals surface area (Å²) in [4.78, 5) is 11.7. The standard InChI is InChI=1S/C14H15F5N2O/c15-9-3-4-11(16)10(5-9)13(8-1-2-8)21-12(22)6-20-7-14(17,18)19/h3-5,8,13,20H,1-2,6-7H2,(H,21,22). The Kier molecular flexibility index (Phi) is 5.00. The Balaban J connectivity index is 1.97. The SMILES string of the molecule is O=C(CNCC(F)(F)F)NC(c1cc(F)ccc1F)C1CC1. The lowest BCUT2D eigenvalue weighted by atomic mass is 10.0. The van der Waals surface area contributed by atoms with E-state index in [0.29, 0.717) is 0 Å². The topological polar surface area (TPSA) is 41.1 Å². The van der Waals surface area contributed by atoms with Crippen LogP contribution >= 0.6 is 0 Å². The maximum atomic E-state index is 13.8. The Hall–Kier alpha value is -1.70. The van der Waals surface area contributed by atoms with Gasteiger partial charge in [0.05, 0.1) is 19.1 Å². The highest BCUT2D eigenvalue weighted by atomic mass is 19.4. The van der Waals surface area contributed by atoms with Crippen molar-refractivity contribution in [1.29, 1.82) is 0 Å². The summed E-state index contributed by atoms with van der Waals surface area (Å²) >= 11 is 0. The fourth-order valence-electron chi connectivity index (χ4n) is 2.17. The second-order valence-corrected chi connectivity index (χ2v) is 5.27. The summed E-state index contributed by atoms with van der Waals surface area (Å²) in [7, 11) is 0. The molecule has 122 valence electrons. The monoisotopic (exact) mass is 322 g/mol. The van der Waals surface area contributed by atoms with E-state index in [2.05, 4.69) is 5.32 Å². The van der Waals surface area contributed by atoms with E-state index in [9.17, 15) is 26.7 Å². The summed E-state index contributed by atoms with van der Waals surface area (Å²) in [5, 5.41) is 4.44. The molecule has 0 radical (unpaired) electrons. The molecule has 0 aromatic heterocycles. The third kappa shape index (κ3) is 4.94. The number of benzene rings is 1. The smallest absolute Gasteiger partial charge is 0.348 e. The van der Waals surface area contributed by atoms with E-state index >= 15 is 0 Å². The van der Waals surface area contributed by atoms with Gasteiger partial charge in [0.1, 0.15) is 11.6 Å². The molecule has 3 nitrogen and oxygen atoms in total. The molecule has 1 unspecified atom stereocenters. The van der Waals surface area contributed by atoms with Crippen LogP contribution < -0.4 is 10.6 Å². The maximum absolute atomic E-state index is 13.8. The fourth-order valence-corrected chi connectivity index (χ4v) is 2.17. The first-order valence-electron chi connectivity index (χ1n) is 6.78. The van der Waals surface area contributed by atoms with Crippen molar-refractivity contribution in [3.8, 4) is 0 Å². The second kappa shape index (κ2) is 6.60. The number of carbonyl (C=O) groups excluding carboxylic acids is 1. The van der Waals surface area contributed by atoms with Crippen molar-refractivity contribution >= 4 is 5.91 Å². The highest BCUT2D eigenvalue weighted by Crippen LogP contribution is 2.41. The molecule has 0 bridgehead atoms.